The van der Waals surface area contributed by atoms with Gasteiger partial charge in [-0.15, -0.1) is 0 Å². The second kappa shape index (κ2) is 4.31. The molecule has 0 saturated carbocycles. The molecule has 1 aromatic carbocycles. The van der Waals surface area contributed by atoms with Crippen molar-refractivity contribution in [2.75, 3.05) is 6.54 Å². The lowest BCUT2D eigenvalue weighted by Gasteiger charge is -2.19. The minimum absolute atomic E-state index is 0.0460. The summed E-state index contributed by atoms with van der Waals surface area (Å²) in [6.45, 7) is 0.533. The van der Waals surface area contributed by atoms with E-state index in [0.29, 0.717) is 13.0 Å². The molecule has 0 spiro atoms. The minimum atomic E-state index is -0.531. The van der Waals surface area contributed by atoms with Gasteiger partial charge in [-0.25, -0.2) is 4.39 Å². The van der Waals surface area contributed by atoms with Crippen molar-refractivity contribution in [3.63, 3.8) is 0 Å². The summed E-state index contributed by atoms with van der Waals surface area (Å²) >= 11 is 0. The normalized spacial score (nSPS) is 19.5. The highest BCUT2D eigenvalue weighted by molar-refractivity contribution is 5.95. The second-order valence-electron chi connectivity index (χ2n) is 3.77. The molecule has 1 heterocycles. The van der Waals surface area contributed by atoms with Crippen LogP contribution >= 0.6 is 0 Å². The number of carbonyl (C=O) groups is 1. The molecule has 2 rings (SSSR count). The third-order valence-corrected chi connectivity index (χ3v) is 2.77. The van der Waals surface area contributed by atoms with Crippen molar-refractivity contribution >= 4 is 5.91 Å². The van der Waals surface area contributed by atoms with Crippen LogP contribution in [0.25, 0.3) is 0 Å². The van der Waals surface area contributed by atoms with Gasteiger partial charge in [-0.3, -0.25) is 4.79 Å². The van der Waals surface area contributed by atoms with Crippen LogP contribution in [-0.4, -0.2) is 23.4 Å². The zero-order chi connectivity index (χ0) is 11.5. The number of halogens is 1. The number of likely N-dealkylation sites (tertiary alicyclic amines) is 1. The Morgan fingerprint density at radius 2 is 2.25 bits per heavy atom. The average Bonchev–Trinajstić information content (AvgIpc) is 2.77. The van der Waals surface area contributed by atoms with E-state index >= 15 is 0 Å². The van der Waals surface area contributed by atoms with Crippen LogP contribution in [0.5, 0.6) is 0 Å². The number of hydrogen-bond acceptors (Lipinski definition) is 2. The molecule has 1 atom stereocenters. The highest BCUT2D eigenvalue weighted by Gasteiger charge is 2.30. The van der Waals surface area contributed by atoms with Crippen LogP contribution in [0.1, 0.15) is 23.2 Å². The Balaban J connectivity index is 2.26. The minimum Gasteiger partial charge on any atom is -0.323 e. The van der Waals surface area contributed by atoms with E-state index in [1.807, 2.05) is 0 Å². The molecule has 0 aromatic heterocycles. The highest BCUT2D eigenvalue weighted by Crippen LogP contribution is 2.20. The van der Waals surface area contributed by atoms with Crippen LogP contribution in [0.2, 0.25) is 0 Å². The van der Waals surface area contributed by atoms with E-state index in [2.05, 4.69) is 6.07 Å². The zero-order valence-electron chi connectivity index (χ0n) is 8.69. The van der Waals surface area contributed by atoms with E-state index in [-0.39, 0.29) is 11.5 Å². The first kappa shape index (κ1) is 10.6. The fourth-order valence-electron chi connectivity index (χ4n) is 1.93. The predicted octanol–water partition coefficient (Wildman–Crippen LogP) is 1.95. The summed E-state index contributed by atoms with van der Waals surface area (Å²) in [4.78, 5) is 13.4. The molecule has 1 aliphatic rings. The van der Waals surface area contributed by atoms with E-state index in [4.69, 9.17) is 5.26 Å². The van der Waals surface area contributed by atoms with Gasteiger partial charge in [-0.05, 0) is 25.0 Å². The molecule has 1 saturated heterocycles. The van der Waals surface area contributed by atoms with Crippen molar-refractivity contribution in [1.82, 2.24) is 4.90 Å². The van der Waals surface area contributed by atoms with Gasteiger partial charge in [0.2, 0.25) is 0 Å². The maximum atomic E-state index is 13.4. The van der Waals surface area contributed by atoms with E-state index in [1.165, 1.54) is 23.1 Å². The molecule has 1 amide bonds. The first-order valence-electron chi connectivity index (χ1n) is 5.19. The second-order valence-corrected chi connectivity index (χ2v) is 3.77. The Kier molecular flexibility index (Phi) is 2.86. The summed E-state index contributed by atoms with van der Waals surface area (Å²) in [6, 6.07) is 7.52. The number of nitriles is 1. The molecule has 0 radical (unpaired) electrons. The lowest BCUT2D eigenvalue weighted by Crippen LogP contribution is -2.35. The molecule has 1 unspecified atom stereocenters. The van der Waals surface area contributed by atoms with Crippen LogP contribution in [0.15, 0.2) is 24.3 Å². The first-order valence-corrected chi connectivity index (χ1v) is 5.19. The molecule has 0 N–H and O–H groups in total. The fourth-order valence-corrected chi connectivity index (χ4v) is 1.93. The summed E-state index contributed by atoms with van der Waals surface area (Å²) in [7, 11) is 0. The first-order chi connectivity index (χ1) is 7.74. The molecule has 16 heavy (non-hydrogen) atoms. The fraction of sp³-hybridized carbons (Fsp3) is 0.333. The topological polar surface area (TPSA) is 44.1 Å². The van der Waals surface area contributed by atoms with Gasteiger partial charge < -0.3 is 4.90 Å². The Labute approximate surface area is 93.1 Å². The predicted molar refractivity (Wildman–Crippen MR) is 56.1 cm³/mol. The van der Waals surface area contributed by atoms with Crippen LogP contribution in [0.4, 0.5) is 4.39 Å². The number of carbonyl (C=O) groups excluding carboxylic acids is 1. The summed E-state index contributed by atoms with van der Waals surface area (Å²) < 4.78 is 13.4. The van der Waals surface area contributed by atoms with Crippen molar-refractivity contribution in [2.24, 2.45) is 0 Å². The van der Waals surface area contributed by atoms with Crippen molar-refractivity contribution in [2.45, 2.75) is 18.9 Å². The van der Waals surface area contributed by atoms with Crippen molar-refractivity contribution in [3.8, 4) is 6.07 Å². The van der Waals surface area contributed by atoms with Gasteiger partial charge in [0.05, 0.1) is 11.6 Å². The third kappa shape index (κ3) is 1.76. The number of rotatable bonds is 1. The van der Waals surface area contributed by atoms with Crippen LogP contribution in [0, 0.1) is 17.1 Å². The molecule has 4 heteroatoms. The van der Waals surface area contributed by atoms with Crippen LogP contribution < -0.4 is 0 Å². The number of benzene rings is 1. The smallest absolute Gasteiger partial charge is 0.257 e. The summed E-state index contributed by atoms with van der Waals surface area (Å²) in [5.41, 5.74) is 0.0460. The van der Waals surface area contributed by atoms with Gasteiger partial charge in [-0.1, -0.05) is 12.1 Å². The molecule has 1 fully saturated rings. The summed E-state index contributed by atoms with van der Waals surface area (Å²) in [5, 5.41) is 8.86. The molecular formula is C12H11FN2O. The Morgan fingerprint density at radius 1 is 1.50 bits per heavy atom. The zero-order valence-corrected chi connectivity index (χ0v) is 8.69. The van der Waals surface area contributed by atoms with E-state index in [0.717, 1.165) is 6.42 Å². The molecule has 1 aromatic rings. The SMILES string of the molecule is N#CC1CCCN1C(=O)c1ccccc1F. The van der Waals surface area contributed by atoms with E-state index in [1.54, 1.807) is 6.07 Å². The van der Waals surface area contributed by atoms with Gasteiger partial charge in [0.1, 0.15) is 11.9 Å². The van der Waals surface area contributed by atoms with Crippen LogP contribution in [0.3, 0.4) is 0 Å². The van der Waals surface area contributed by atoms with Crippen molar-refractivity contribution < 1.29 is 9.18 Å². The van der Waals surface area contributed by atoms with Crippen LogP contribution in [-0.2, 0) is 0 Å². The number of amides is 1. The average molecular weight is 218 g/mol. The number of hydrogen-bond donors (Lipinski definition) is 0. The molecule has 3 nitrogen and oxygen atoms in total. The van der Waals surface area contributed by atoms with Crippen molar-refractivity contribution in [1.29, 1.82) is 5.26 Å². The largest absolute Gasteiger partial charge is 0.323 e. The molecule has 1 aliphatic heterocycles. The Bertz CT molecular complexity index is 453. The van der Waals surface area contributed by atoms with Crippen molar-refractivity contribution in [3.05, 3.63) is 35.6 Å². The van der Waals surface area contributed by atoms with Gasteiger partial charge in [0.25, 0.3) is 5.91 Å². The van der Waals surface area contributed by atoms with Gasteiger partial charge in [-0.2, -0.15) is 5.26 Å². The maximum Gasteiger partial charge on any atom is 0.257 e. The maximum absolute atomic E-state index is 13.4. The monoisotopic (exact) mass is 218 g/mol. The van der Waals surface area contributed by atoms with Gasteiger partial charge in [0.15, 0.2) is 0 Å². The Hall–Kier alpha value is -1.89. The van der Waals surface area contributed by atoms with E-state index in [9.17, 15) is 9.18 Å². The molecule has 82 valence electrons. The standard InChI is InChI=1S/C12H11FN2O/c13-11-6-2-1-5-10(11)12(16)15-7-3-4-9(15)8-14/h1-2,5-6,9H,3-4,7H2. The Morgan fingerprint density at radius 3 is 2.94 bits per heavy atom. The third-order valence-electron chi connectivity index (χ3n) is 2.77. The summed E-state index contributed by atoms with van der Waals surface area (Å²) in [6.07, 6.45) is 1.48. The van der Waals surface area contributed by atoms with E-state index < -0.39 is 11.9 Å². The van der Waals surface area contributed by atoms with Gasteiger partial charge >= 0.3 is 0 Å². The molecular weight excluding hydrogens is 207 g/mol. The van der Waals surface area contributed by atoms with Gasteiger partial charge in [0, 0.05) is 6.54 Å². The molecule has 0 bridgehead atoms. The lowest BCUT2D eigenvalue weighted by atomic mass is 10.1. The highest BCUT2D eigenvalue weighted by atomic mass is 19.1. The quantitative estimate of drug-likeness (QED) is 0.723. The lowest BCUT2D eigenvalue weighted by molar-refractivity contribution is 0.0760. The summed E-state index contributed by atoms with van der Waals surface area (Å²) in [5.74, 6) is -0.918. The molecule has 0 aliphatic carbocycles. The number of nitrogens with zero attached hydrogens (tertiary/aromatic N) is 2.